The first-order valence-electron chi connectivity index (χ1n) is 5.64. The van der Waals surface area contributed by atoms with Crippen molar-refractivity contribution in [2.75, 3.05) is 41.0 Å². The topological polar surface area (TPSA) is 77.8 Å². The standard InChI is InChI=1S/C10H25N3O3Si/c1-10(11)13-8-7-12-6-5-9-17(14-2,15-3)16-4/h12-13H,1,5-9,11H2,2-4H3. The number of rotatable bonds is 11. The van der Waals surface area contributed by atoms with E-state index in [9.17, 15) is 0 Å². The van der Waals surface area contributed by atoms with E-state index < -0.39 is 8.80 Å². The maximum absolute atomic E-state index is 5.37. The van der Waals surface area contributed by atoms with Gasteiger partial charge in [-0.2, -0.15) is 0 Å². The molecule has 4 N–H and O–H groups in total. The molecule has 7 heteroatoms. The van der Waals surface area contributed by atoms with Gasteiger partial charge in [-0.1, -0.05) is 6.58 Å². The fourth-order valence-corrected chi connectivity index (χ4v) is 3.14. The van der Waals surface area contributed by atoms with Gasteiger partial charge in [-0.3, -0.25) is 0 Å². The zero-order chi connectivity index (χ0) is 13.1. The molecule has 0 fully saturated rings. The van der Waals surface area contributed by atoms with Crippen LogP contribution in [0.3, 0.4) is 0 Å². The summed E-state index contributed by atoms with van der Waals surface area (Å²) in [6.07, 6.45) is 0.950. The molecule has 17 heavy (non-hydrogen) atoms. The van der Waals surface area contributed by atoms with Crippen molar-refractivity contribution in [3.63, 3.8) is 0 Å². The van der Waals surface area contributed by atoms with Crippen LogP contribution in [-0.2, 0) is 13.3 Å². The molecule has 0 saturated carbocycles. The summed E-state index contributed by atoms with van der Waals surface area (Å²) in [4.78, 5) is 0. The SMILES string of the molecule is C=C(N)NCCNCCC[Si](OC)(OC)OC. The van der Waals surface area contributed by atoms with Gasteiger partial charge in [-0.05, 0) is 13.0 Å². The molecular weight excluding hydrogens is 238 g/mol. The average Bonchev–Trinajstić information content (AvgIpc) is 2.33. The molecule has 6 nitrogen and oxygen atoms in total. The summed E-state index contributed by atoms with van der Waals surface area (Å²) < 4.78 is 16.0. The minimum Gasteiger partial charge on any atom is -0.386 e. The van der Waals surface area contributed by atoms with Crippen molar-refractivity contribution < 1.29 is 13.3 Å². The van der Waals surface area contributed by atoms with Crippen molar-refractivity contribution in [1.29, 1.82) is 0 Å². The van der Waals surface area contributed by atoms with Gasteiger partial charge in [0.1, 0.15) is 0 Å². The Labute approximate surface area is 105 Å². The van der Waals surface area contributed by atoms with E-state index in [4.69, 9.17) is 19.0 Å². The van der Waals surface area contributed by atoms with Gasteiger partial charge in [0.05, 0.1) is 5.82 Å². The van der Waals surface area contributed by atoms with Crippen molar-refractivity contribution in [2.45, 2.75) is 12.5 Å². The highest BCUT2D eigenvalue weighted by atomic mass is 28.4. The zero-order valence-corrected chi connectivity index (χ0v) is 12.0. The molecule has 0 aliphatic heterocycles. The maximum Gasteiger partial charge on any atom is 0.500 e. The summed E-state index contributed by atoms with van der Waals surface area (Å²) in [5.41, 5.74) is 5.37. The van der Waals surface area contributed by atoms with Crippen LogP contribution < -0.4 is 16.4 Å². The normalized spacial score (nSPS) is 11.5. The molecule has 0 rings (SSSR count). The highest BCUT2D eigenvalue weighted by Crippen LogP contribution is 2.14. The van der Waals surface area contributed by atoms with Crippen LogP contribution in [0, 0.1) is 0 Å². The molecule has 102 valence electrons. The number of hydrogen-bond acceptors (Lipinski definition) is 6. The number of hydrogen-bond donors (Lipinski definition) is 3. The van der Waals surface area contributed by atoms with Crippen LogP contribution in [0.5, 0.6) is 0 Å². The van der Waals surface area contributed by atoms with Gasteiger partial charge < -0.3 is 29.6 Å². The molecule has 0 aromatic heterocycles. The third-order valence-electron chi connectivity index (χ3n) is 2.42. The Morgan fingerprint density at radius 3 is 2.18 bits per heavy atom. The van der Waals surface area contributed by atoms with Crippen molar-refractivity contribution in [2.24, 2.45) is 5.73 Å². The molecule has 0 amide bonds. The highest BCUT2D eigenvalue weighted by molar-refractivity contribution is 6.60. The molecule has 0 unspecified atom stereocenters. The molecule has 0 aliphatic carbocycles. The Kier molecular flexibility index (Phi) is 9.09. The van der Waals surface area contributed by atoms with E-state index in [2.05, 4.69) is 17.2 Å². The molecule has 0 heterocycles. The molecular formula is C10H25N3O3Si. The average molecular weight is 263 g/mol. The van der Waals surface area contributed by atoms with Crippen LogP contribution in [-0.4, -0.2) is 49.8 Å². The molecule has 0 spiro atoms. The van der Waals surface area contributed by atoms with Crippen LogP contribution >= 0.6 is 0 Å². The largest absolute Gasteiger partial charge is 0.500 e. The lowest BCUT2D eigenvalue weighted by Crippen LogP contribution is -2.43. The van der Waals surface area contributed by atoms with Gasteiger partial charge in [0, 0.05) is 40.5 Å². The highest BCUT2D eigenvalue weighted by Gasteiger charge is 2.36. The minimum absolute atomic E-state index is 0.497. The monoisotopic (exact) mass is 263 g/mol. The lowest BCUT2D eigenvalue weighted by atomic mass is 10.4. The molecule has 0 aromatic rings. The van der Waals surface area contributed by atoms with E-state index in [1.807, 2.05) is 0 Å². The van der Waals surface area contributed by atoms with Crippen LogP contribution in [0.25, 0.3) is 0 Å². The van der Waals surface area contributed by atoms with E-state index in [1.165, 1.54) is 0 Å². The van der Waals surface area contributed by atoms with E-state index in [0.29, 0.717) is 5.82 Å². The summed E-state index contributed by atoms with van der Waals surface area (Å²) in [5.74, 6) is 0.497. The molecule has 0 atom stereocenters. The zero-order valence-electron chi connectivity index (χ0n) is 11.0. The van der Waals surface area contributed by atoms with Gasteiger partial charge in [-0.15, -0.1) is 0 Å². The molecule has 0 saturated heterocycles. The maximum atomic E-state index is 5.37. The van der Waals surface area contributed by atoms with Crippen molar-refractivity contribution in [1.82, 2.24) is 10.6 Å². The van der Waals surface area contributed by atoms with E-state index in [0.717, 1.165) is 32.1 Å². The first-order valence-corrected chi connectivity index (χ1v) is 7.58. The molecule has 0 radical (unpaired) electrons. The number of nitrogens with one attached hydrogen (secondary N) is 2. The Morgan fingerprint density at radius 1 is 1.12 bits per heavy atom. The smallest absolute Gasteiger partial charge is 0.386 e. The first-order chi connectivity index (χ1) is 8.10. The molecule has 0 aliphatic rings. The summed E-state index contributed by atoms with van der Waals surface area (Å²) in [6.45, 7) is 6.06. The molecule has 0 bridgehead atoms. The van der Waals surface area contributed by atoms with Gasteiger partial charge >= 0.3 is 8.80 Å². The second kappa shape index (κ2) is 9.43. The Bertz CT molecular complexity index is 205. The fraction of sp³-hybridized carbons (Fsp3) is 0.800. The second-order valence-corrected chi connectivity index (χ2v) is 6.69. The predicted octanol–water partition coefficient (Wildman–Crippen LogP) is -0.136. The Morgan fingerprint density at radius 2 is 1.71 bits per heavy atom. The van der Waals surface area contributed by atoms with Gasteiger partial charge in [0.25, 0.3) is 0 Å². The second-order valence-electron chi connectivity index (χ2n) is 3.60. The van der Waals surface area contributed by atoms with Crippen molar-refractivity contribution in [3.8, 4) is 0 Å². The van der Waals surface area contributed by atoms with Crippen molar-refractivity contribution >= 4 is 8.80 Å². The summed E-state index contributed by atoms with van der Waals surface area (Å²) >= 11 is 0. The lowest BCUT2D eigenvalue weighted by Gasteiger charge is -2.24. The van der Waals surface area contributed by atoms with Crippen molar-refractivity contribution in [3.05, 3.63) is 12.4 Å². The van der Waals surface area contributed by atoms with Crippen LogP contribution in [0.2, 0.25) is 6.04 Å². The fourth-order valence-electron chi connectivity index (χ4n) is 1.42. The minimum atomic E-state index is -2.39. The summed E-state index contributed by atoms with van der Waals surface area (Å²) in [5, 5.41) is 6.22. The summed E-state index contributed by atoms with van der Waals surface area (Å²) in [7, 11) is 2.49. The third-order valence-corrected chi connectivity index (χ3v) is 5.26. The van der Waals surface area contributed by atoms with Crippen LogP contribution in [0.4, 0.5) is 0 Å². The first kappa shape index (κ1) is 16.4. The van der Waals surface area contributed by atoms with Crippen LogP contribution in [0.1, 0.15) is 6.42 Å². The Balaban J connectivity index is 3.52. The lowest BCUT2D eigenvalue weighted by molar-refractivity contribution is 0.123. The number of nitrogens with two attached hydrogens (primary N) is 1. The summed E-state index contributed by atoms with van der Waals surface area (Å²) in [6, 6.07) is 0.806. The van der Waals surface area contributed by atoms with E-state index in [-0.39, 0.29) is 0 Å². The molecule has 0 aromatic carbocycles. The third kappa shape index (κ3) is 7.34. The van der Waals surface area contributed by atoms with Gasteiger partial charge in [0.15, 0.2) is 0 Å². The van der Waals surface area contributed by atoms with Gasteiger partial charge in [-0.25, -0.2) is 0 Å². The Hall–Kier alpha value is -0.603. The van der Waals surface area contributed by atoms with E-state index >= 15 is 0 Å². The quantitative estimate of drug-likeness (QED) is 0.356. The van der Waals surface area contributed by atoms with E-state index in [1.54, 1.807) is 21.3 Å². The van der Waals surface area contributed by atoms with Gasteiger partial charge in [0.2, 0.25) is 0 Å². The van der Waals surface area contributed by atoms with Crippen LogP contribution in [0.15, 0.2) is 12.4 Å². The predicted molar refractivity (Wildman–Crippen MR) is 70.4 cm³/mol.